The molecule has 2 N–H and O–H groups in total. The number of ether oxygens (including phenoxy) is 1. The van der Waals surface area contributed by atoms with Crippen LogP contribution in [0.15, 0.2) is 0 Å². The Hall–Kier alpha value is -1.54. The van der Waals surface area contributed by atoms with Gasteiger partial charge in [-0.15, -0.1) is 5.10 Å². The summed E-state index contributed by atoms with van der Waals surface area (Å²) in [6.45, 7) is 1.56. The van der Waals surface area contributed by atoms with E-state index in [1.54, 1.807) is 6.92 Å². The van der Waals surface area contributed by atoms with Crippen LogP contribution in [-0.2, 0) is 9.53 Å². The minimum Gasteiger partial charge on any atom is -0.479 e. The zero-order valence-electron chi connectivity index (χ0n) is 8.76. The Morgan fingerprint density at radius 3 is 2.75 bits per heavy atom. The molecule has 0 aromatic carbocycles. The molecule has 0 aliphatic heterocycles. The number of amides is 1. The van der Waals surface area contributed by atoms with Gasteiger partial charge in [0.2, 0.25) is 0 Å². The van der Waals surface area contributed by atoms with Crippen molar-refractivity contribution in [3.63, 3.8) is 0 Å². The van der Waals surface area contributed by atoms with Gasteiger partial charge in [0.1, 0.15) is 4.88 Å². The number of carboxylic acids is 1. The Balaban J connectivity index is 2.53. The van der Waals surface area contributed by atoms with Crippen molar-refractivity contribution in [3.8, 4) is 0 Å². The Morgan fingerprint density at radius 2 is 2.31 bits per heavy atom. The molecule has 1 aromatic heterocycles. The molecule has 7 nitrogen and oxygen atoms in total. The lowest BCUT2D eigenvalue weighted by atomic mass is 10.3. The van der Waals surface area contributed by atoms with Gasteiger partial charge in [-0.25, -0.2) is 4.79 Å². The average Bonchev–Trinajstić information content (AvgIpc) is 2.64. The number of nitrogens with zero attached hydrogens (tertiary/aromatic N) is 2. The minimum absolute atomic E-state index is 0.0952. The fourth-order valence-electron chi connectivity index (χ4n) is 0.977. The van der Waals surface area contributed by atoms with Crippen LogP contribution >= 0.6 is 11.5 Å². The van der Waals surface area contributed by atoms with Crippen LogP contribution < -0.4 is 5.32 Å². The van der Waals surface area contributed by atoms with Gasteiger partial charge in [0.05, 0.1) is 12.2 Å². The third-order valence-corrected chi connectivity index (χ3v) is 2.69. The topological polar surface area (TPSA) is 101 Å². The first-order chi connectivity index (χ1) is 7.56. The van der Waals surface area contributed by atoms with E-state index >= 15 is 0 Å². The van der Waals surface area contributed by atoms with Gasteiger partial charge in [-0.2, -0.15) is 0 Å². The van der Waals surface area contributed by atoms with Gasteiger partial charge in [-0.3, -0.25) is 4.79 Å². The Kier molecular flexibility index (Phi) is 4.32. The number of carboxylic acid groups (broad SMARTS) is 1. The summed E-state index contributed by atoms with van der Waals surface area (Å²) >= 11 is 0.964. The van der Waals surface area contributed by atoms with E-state index in [1.807, 2.05) is 0 Å². The van der Waals surface area contributed by atoms with Crippen molar-refractivity contribution in [2.45, 2.75) is 13.0 Å². The second kappa shape index (κ2) is 5.52. The summed E-state index contributed by atoms with van der Waals surface area (Å²) in [5, 5.41) is 14.8. The number of aryl methyl sites for hydroxylation is 1. The second-order valence-corrected chi connectivity index (χ2v) is 3.71. The van der Waals surface area contributed by atoms with Gasteiger partial charge in [0.25, 0.3) is 5.91 Å². The van der Waals surface area contributed by atoms with E-state index in [0.717, 1.165) is 11.5 Å². The Labute approximate surface area is 95.6 Å². The summed E-state index contributed by atoms with van der Waals surface area (Å²) in [5.41, 5.74) is 0.520. The van der Waals surface area contributed by atoms with E-state index in [9.17, 15) is 9.59 Å². The maximum absolute atomic E-state index is 11.5. The zero-order chi connectivity index (χ0) is 12.1. The van der Waals surface area contributed by atoms with Gasteiger partial charge >= 0.3 is 5.97 Å². The van der Waals surface area contributed by atoms with Crippen LogP contribution in [0.1, 0.15) is 15.4 Å². The highest BCUT2D eigenvalue weighted by Crippen LogP contribution is 2.08. The highest BCUT2D eigenvalue weighted by molar-refractivity contribution is 7.07. The lowest BCUT2D eigenvalue weighted by Crippen LogP contribution is -2.37. The van der Waals surface area contributed by atoms with Gasteiger partial charge in [0, 0.05) is 7.11 Å². The lowest BCUT2D eigenvalue weighted by Gasteiger charge is -2.10. The largest absolute Gasteiger partial charge is 0.479 e. The van der Waals surface area contributed by atoms with E-state index in [-0.39, 0.29) is 6.54 Å². The number of rotatable bonds is 5. The highest BCUT2D eigenvalue weighted by Gasteiger charge is 2.19. The SMILES string of the molecule is COC(CNC(=O)c1snnc1C)C(=O)O. The number of carbonyl (C=O) groups is 2. The molecule has 1 atom stereocenters. The predicted octanol–water partition coefficient (Wildman–Crippen LogP) is -0.324. The molecule has 0 fully saturated rings. The van der Waals surface area contributed by atoms with Crippen LogP contribution in [0.25, 0.3) is 0 Å². The molecule has 8 heteroatoms. The van der Waals surface area contributed by atoms with Crippen molar-refractivity contribution in [2.24, 2.45) is 0 Å². The normalized spacial score (nSPS) is 12.1. The van der Waals surface area contributed by atoms with Gasteiger partial charge in [-0.05, 0) is 18.5 Å². The molecule has 0 spiro atoms. The summed E-state index contributed by atoms with van der Waals surface area (Å²) < 4.78 is 8.28. The monoisotopic (exact) mass is 245 g/mol. The fraction of sp³-hybridized carbons (Fsp3) is 0.500. The number of methoxy groups -OCH3 is 1. The van der Waals surface area contributed by atoms with Crippen LogP contribution in [-0.4, -0.2) is 46.3 Å². The van der Waals surface area contributed by atoms with Crippen molar-refractivity contribution < 1.29 is 19.4 Å². The van der Waals surface area contributed by atoms with Crippen LogP contribution in [0, 0.1) is 6.92 Å². The van der Waals surface area contributed by atoms with Crippen LogP contribution in [0.2, 0.25) is 0 Å². The first-order valence-electron chi connectivity index (χ1n) is 4.39. The minimum atomic E-state index is -1.12. The standard InChI is InChI=1S/C8H11N3O4S/c1-4-6(16-11-10-4)7(12)9-3-5(15-2)8(13)14/h5H,3H2,1-2H3,(H,9,12)(H,13,14). The molecule has 1 aromatic rings. The second-order valence-electron chi connectivity index (χ2n) is 2.96. The fourth-order valence-corrected chi connectivity index (χ4v) is 1.55. The Morgan fingerprint density at radius 1 is 1.62 bits per heavy atom. The Bertz CT molecular complexity index is 392. The number of aliphatic carboxylic acids is 1. The molecule has 0 bridgehead atoms. The lowest BCUT2D eigenvalue weighted by molar-refractivity contribution is -0.147. The molecule has 88 valence electrons. The van der Waals surface area contributed by atoms with Crippen molar-refractivity contribution >= 4 is 23.4 Å². The smallest absolute Gasteiger partial charge is 0.334 e. The number of hydrogen-bond donors (Lipinski definition) is 2. The molecule has 0 saturated carbocycles. The molecule has 0 radical (unpaired) electrons. The first-order valence-corrected chi connectivity index (χ1v) is 5.16. The molecule has 0 aliphatic carbocycles. The van der Waals surface area contributed by atoms with Gasteiger partial charge < -0.3 is 15.2 Å². The number of nitrogens with one attached hydrogen (secondary N) is 1. The van der Waals surface area contributed by atoms with Crippen molar-refractivity contribution in [3.05, 3.63) is 10.6 Å². The van der Waals surface area contributed by atoms with Crippen molar-refractivity contribution in [1.29, 1.82) is 0 Å². The van der Waals surface area contributed by atoms with E-state index in [2.05, 4.69) is 19.6 Å². The summed E-state index contributed by atoms with van der Waals surface area (Å²) in [6.07, 6.45) is -1.05. The van der Waals surface area contributed by atoms with E-state index in [4.69, 9.17) is 5.11 Å². The number of hydrogen-bond acceptors (Lipinski definition) is 6. The van der Waals surface area contributed by atoms with E-state index < -0.39 is 18.0 Å². The van der Waals surface area contributed by atoms with Crippen LogP contribution in [0.5, 0.6) is 0 Å². The first kappa shape index (κ1) is 12.5. The number of aromatic nitrogens is 2. The maximum atomic E-state index is 11.5. The summed E-state index contributed by atoms with van der Waals surface area (Å²) in [7, 11) is 1.27. The molecule has 0 saturated heterocycles. The van der Waals surface area contributed by atoms with Gasteiger partial charge in [-0.1, -0.05) is 4.49 Å². The highest BCUT2D eigenvalue weighted by atomic mass is 32.1. The summed E-state index contributed by atoms with van der Waals surface area (Å²) in [4.78, 5) is 22.5. The molecule has 1 heterocycles. The molecule has 1 amide bonds. The molecular weight excluding hydrogens is 234 g/mol. The van der Waals surface area contributed by atoms with Crippen molar-refractivity contribution in [1.82, 2.24) is 14.9 Å². The van der Waals surface area contributed by atoms with E-state index in [1.165, 1.54) is 7.11 Å². The van der Waals surface area contributed by atoms with Crippen LogP contribution in [0.4, 0.5) is 0 Å². The number of carbonyl (C=O) groups excluding carboxylic acids is 1. The predicted molar refractivity (Wildman–Crippen MR) is 55.4 cm³/mol. The third-order valence-electron chi connectivity index (χ3n) is 1.87. The molecular formula is C8H11N3O4S. The maximum Gasteiger partial charge on any atom is 0.334 e. The summed E-state index contributed by atoms with van der Waals surface area (Å²) in [6, 6.07) is 0. The quantitative estimate of drug-likeness (QED) is 0.737. The third kappa shape index (κ3) is 2.97. The molecule has 0 aliphatic rings. The van der Waals surface area contributed by atoms with E-state index in [0.29, 0.717) is 10.6 Å². The summed E-state index contributed by atoms with van der Waals surface area (Å²) in [5.74, 6) is -1.52. The molecule has 1 rings (SSSR count). The molecule has 1 unspecified atom stereocenters. The van der Waals surface area contributed by atoms with Crippen LogP contribution in [0.3, 0.4) is 0 Å². The van der Waals surface area contributed by atoms with Crippen molar-refractivity contribution in [2.75, 3.05) is 13.7 Å². The average molecular weight is 245 g/mol. The zero-order valence-corrected chi connectivity index (χ0v) is 9.58. The molecule has 16 heavy (non-hydrogen) atoms. The van der Waals surface area contributed by atoms with Gasteiger partial charge in [0.15, 0.2) is 6.10 Å².